The van der Waals surface area contributed by atoms with Crippen molar-refractivity contribution in [3.8, 4) is 0 Å². The van der Waals surface area contributed by atoms with Crippen LogP contribution in [0.1, 0.15) is 67.9 Å². The standard InChI is InChI=1S/C19H29NO2/c1-13(2)6-8-16(5)20-19(22)11-10-18(21)17-9-7-14(3)15(4)12-17/h7,9,12-13,16H,6,8,10-11H2,1-5H3,(H,20,22). The van der Waals surface area contributed by atoms with E-state index in [1.165, 1.54) is 5.56 Å². The van der Waals surface area contributed by atoms with Crippen molar-refractivity contribution in [1.29, 1.82) is 0 Å². The Balaban J connectivity index is 2.40. The van der Waals surface area contributed by atoms with Gasteiger partial charge in [-0.1, -0.05) is 26.0 Å². The molecule has 0 spiro atoms. The van der Waals surface area contributed by atoms with Crippen LogP contribution in [0.25, 0.3) is 0 Å². The maximum Gasteiger partial charge on any atom is 0.220 e. The Morgan fingerprint density at radius 3 is 2.27 bits per heavy atom. The Kier molecular flexibility index (Phi) is 7.30. The van der Waals surface area contributed by atoms with Crippen LogP contribution >= 0.6 is 0 Å². The molecule has 0 aromatic heterocycles. The van der Waals surface area contributed by atoms with Crippen LogP contribution in [0.3, 0.4) is 0 Å². The van der Waals surface area contributed by atoms with Gasteiger partial charge in [-0.2, -0.15) is 0 Å². The number of hydrogen-bond acceptors (Lipinski definition) is 2. The second-order valence-electron chi connectivity index (χ2n) is 6.66. The molecule has 0 bridgehead atoms. The zero-order chi connectivity index (χ0) is 16.7. The maximum absolute atomic E-state index is 12.1. The summed E-state index contributed by atoms with van der Waals surface area (Å²) in [5.41, 5.74) is 2.98. The van der Waals surface area contributed by atoms with Gasteiger partial charge in [0.05, 0.1) is 0 Å². The predicted octanol–water partition coefficient (Wildman–Crippen LogP) is 4.21. The Labute approximate surface area is 134 Å². The smallest absolute Gasteiger partial charge is 0.220 e. The van der Waals surface area contributed by atoms with E-state index in [1.807, 2.05) is 39.0 Å². The molecule has 1 atom stereocenters. The van der Waals surface area contributed by atoms with Gasteiger partial charge in [-0.05, 0) is 56.7 Å². The number of rotatable bonds is 8. The average molecular weight is 303 g/mol. The van der Waals surface area contributed by atoms with Crippen molar-refractivity contribution in [2.45, 2.75) is 66.3 Å². The SMILES string of the molecule is Cc1ccc(C(=O)CCC(=O)NC(C)CCC(C)C)cc1C. The van der Waals surface area contributed by atoms with Crippen LogP contribution < -0.4 is 5.32 Å². The highest BCUT2D eigenvalue weighted by molar-refractivity contribution is 5.98. The quantitative estimate of drug-likeness (QED) is 0.731. The van der Waals surface area contributed by atoms with E-state index in [1.54, 1.807) is 0 Å². The lowest BCUT2D eigenvalue weighted by Crippen LogP contribution is -2.32. The summed E-state index contributed by atoms with van der Waals surface area (Å²) in [5, 5.41) is 2.97. The normalized spacial score (nSPS) is 12.3. The molecule has 3 nitrogen and oxygen atoms in total. The summed E-state index contributed by atoms with van der Waals surface area (Å²) in [5.74, 6) is 0.646. The van der Waals surface area contributed by atoms with E-state index < -0.39 is 0 Å². The monoisotopic (exact) mass is 303 g/mol. The topological polar surface area (TPSA) is 46.2 Å². The van der Waals surface area contributed by atoms with Crippen molar-refractivity contribution in [3.63, 3.8) is 0 Å². The third-order valence-corrected chi connectivity index (χ3v) is 3.99. The Morgan fingerprint density at radius 2 is 1.68 bits per heavy atom. The number of aryl methyl sites for hydroxylation is 2. The van der Waals surface area contributed by atoms with Gasteiger partial charge in [0.25, 0.3) is 0 Å². The molecule has 0 aliphatic carbocycles. The summed E-state index contributed by atoms with van der Waals surface area (Å²) in [7, 11) is 0. The summed E-state index contributed by atoms with van der Waals surface area (Å²) in [4.78, 5) is 24.0. The molecule has 1 N–H and O–H groups in total. The van der Waals surface area contributed by atoms with Crippen LogP contribution in [-0.4, -0.2) is 17.7 Å². The minimum atomic E-state index is -0.0339. The first-order valence-electron chi connectivity index (χ1n) is 8.19. The molecule has 0 saturated heterocycles. The van der Waals surface area contributed by atoms with Crippen molar-refractivity contribution < 1.29 is 9.59 Å². The fourth-order valence-corrected chi connectivity index (χ4v) is 2.29. The van der Waals surface area contributed by atoms with Gasteiger partial charge >= 0.3 is 0 Å². The summed E-state index contributed by atoms with van der Waals surface area (Å²) < 4.78 is 0. The number of amides is 1. The van der Waals surface area contributed by atoms with Crippen LogP contribution in [-0.2, 0) is 4.79 Å². The van der Waals surface area contributed by atoms with Crippen LogP contribution in [0.2, 0.25) is 0 Å². The molecule has 1 rings (SSSR count). The Hall–Kier alpha value is -1.64. The van der Waals surface area contributed by atoms with Gasteiger partial charge < -0.3 is 5.32 Å². The van der Waals surface area contributed by atoms with E-state index in [4.69, 9.17) is 0 Å². The highest BCUT2D eigenvalue weighted by Crippen LogP contribution is 2.12. The molecule has 3 heteroatoms. The first-order valence-corrected chi connectivity index (χ1v) is 8.19. The molecule has 0 aliphatic heterocycles. The van der Waals surface area contributed by atoms with Crippen molar-refractivity contribution in [3.05, 3.63) is 34.9 Å². The minimum absolute atomic E-state index is 0.0339. The zero-order valence-corrected chi connectivity index (χ0v) is 14.5. The molecule has 122 valence electrons. The van der Waals surface area contributed by atoms with Crippen LogP contribution in [0, 0.1) is 19.8 Å². The van der Waals surface area contributed by atoms with E-state index in [2.05, 4.69) is 19.2 Å². The fraction of sp³-hybridized carbons (Fsp3) is 0.579. The van der Waals surface area contributed by atoms with Gasteiger partial charge in [0.15, 0.2) is 5.78 Å². The molecule has 1 aromatic rings. The fourth-order valence-electron chi connectivity index (χ4n) is 2.29. The first-order chi connectivity index (χ1) is 10.3. The number of carbonyl (C=O) groups excluding carboxylic acids is 2. The molecular weight excluding hydrogens is 274 g/mol. The number of ketones is 1. The van der Waals surface area contributed by atoms with Crippen molar-refractivity contribution >= 4 is 11.7 Å². The largest absolute Gasteiger partial charge is 0.354 e. The number of carbonyl (C=O) groups is 2. The third kappa shape index (κ3) is 6.42. The molecule has 1 aromatic carbocycles. The molecular formula is C19H29NO2. The number of benzene rings is 1. The van der Waals surface area contributed by atoms with Gasteiger partial charge in [0.1, 0.15) is 0 Å². The second kappa shape index (κ2) is 8.72. The lowest BCUT2D eigenvalue weighted by atomic mass is 10.0. The molecule has 0 radical (unpaired) electrons. The van der Waals surface area contributed by atoms with Crippen molar-refractivity contribution in [2.75, 3.05) is 0 Å². The molecule has 1 unspecified atom stereocenters. The van der Waals surface area contributed by atoms with E-state index in [-0.39, 0.29) is 30.6 Å². The van der Waals surface area contributed by atoms with E-state index in [0.717, 1.165) is 18.4 Å². The predicted molar refractivity (Wildman–Crippen MR) is 91.2 cm³/mol. The molecule has 0 heterocycles. The number of Topliss-reactive ketones (excluding diaryl/α,β-unsaturated/α-hetero) is 1. The first kappa shape index (κ1) is 18.4. The van der Waals surface area contributed by atoms with E-state index in [9.17, 15) is 9.59 Å². The van der Waals surface area contributed by atoms with Gasteiger partial charge in [0.2, 0.25) is 5.91 Å². The summed E-state index contributed by atoms with van der Waals surface area (Å²) in [6.07, 6.45) is 2.61. The van der Waals surface area contributed by atoms with Crippen molar-refractivity contribution in [1.82, 2.24) is 5.32 Å². The van der Waals surface area contributed by atoms with Crippen LogP contribution in [0.5, 0.6) is 0 Å². The van der Waals surface area contributed by atoms with E-state index >= 15 is 0 Å². The molecule has 1 amide bonds. The number of nitrogens with one attached hydrogen (secondary N) is 1. The second-order valence-corrected chi connectivity index (χ2v) is 6.66. The third-order valence-electron chi connectivity index (χ3n) is 3.99. The highest BCUT2D eigenvalue weighted by atomic mass is 16.2. The van der Waals surface area contributed by atoms with Gasteiger partial charge in [-0.15, -0.1) is 0 Å². The summed E-state index contributed by atoms with van der Waals surface area (Å²) >= 11 is 0. The summed E-state index contributed by atoms with van der Waals surface area (Å²) in [6, 6.07) is 5.87. The lowest BCUT2D eigenvalue weighted by molar-refractivity contribution is -0.121. The van der Waals surface area contributed by atoms with Gasteiger partial charge in [-0.25, -0.2) is 0 Å². The number of hydrogen-bond donors (Lipinski definition) is 1. The van der Waals surface area contributed by atoms with Crippen LogP contribution in [0.15, 0.2) is 18.2 Å². The Morgan fingerprint density at radius 1 is 1.00 bits per heavy atom. The molecule has 0 saturated carbocycles. The van der Waals surface area contributed by atoms with E-state index in [0.29, 0.717) is 11.5 Å². The van der Waals surface area contributed by atoms with Crippen LogP contribution in [0.4, 0.5) is 0 Å². The Bertz CT molecular complexity index is 520. The van der Waals surface area contributed by atoms with Gasteiger partial charge in [-0.3, -0.25) is 9.59 Å². The highest BCUT2D eigenvalue weighted by Gasteiger charge is 2.12. The molecule has 22 heavy (non-hydrogen) atoms. The lowest BCUT2D eigenvalue weighted by Gasteiger charge is -2.15. The maximum atomic E-state index is 12.1. The zero-order valence-electron chi connectivity index (χ0n) is 14.5. The minimum Gasteiger partial charge on any atom is -0.354 e. The molecule has 0 aliphatic rings. The average Bonchev–Trinajstić information content (AvgIpc) is 2.45. The molecule has 0 fully saturated rings. The van der Waals surface area contributed by atoms with Gasteiger partial charge in [0, 0.05) is 24.4 Å². The van der Waals surface area contributed by atoms with Crippen molar-refractivity contribution in [2.24, 2.45) is 5.92 Å². The summed E-state index contributed by atoms with van der Waals surface area (Å²) in [6.45, 7) is 10.4.